The van der Waals surface area contributed by atoms with Crippen molar-refractivity contribution in [1.29, 1.82) is 0 Å². The van der Waals surface area contributed by atoms with Gasteiger partial charge in [-0.1, -0.05) is 19.8 Å². The maximum Gasteiger partial charge on any atom is 0.119 e. The van der Waals surface area contributed by atoms with Crippen LogP contribution in [0.1, 0.15) is 32.2 Å². The first kappa shape index (κ1) is 9.19. The Labute approximate surface area is 72.8 Å². The molecule has 1 heterocycles. The fourth-order valence-corrected chi connectivity index (χ4v) is 1.23. The molecule has 0 fully saturated rings. The summed E-state index contributed by atoms with van der Waals surface area (Å²) in [4.78, 5) is 0. The molecule has 1 aromatic rings. The van der Waals surface area contributed by atoms with Crippen LogP contribution in [0.15, 0.2) is 12.7 Å². The van der Waals surface area contributed by atoms with Crippen LogP contribution in [-0.4, -0.2) is 21.3 Å². The minimum atomic E-state index is 0.375. The minimum Gasteiger partial charge on any atom is -0.328 e. The Morgan fingerprint density at radius 3 is 2.58 bits per heavy atom. The fraction of sp³-hybridized carbons (Fsp3) is 0.750. The zero-order valence-electron chi connectivity index (χ0n) is 7.48. The summed E-state index contributed by atoms with van der Waals surface area (Å²) in [6.45, 7) is 2.85. The summed E-state index contributed by atoms with van der Waals surface area (Å²) >= 11 is 0. The Morgan fingerprint density at radius 2 is 2.08 bits per heavy atom. The number of aromatic nitrogens is 3. The molecule has 0 aromatic carbocycles. The molecule has 0 aliphatic rings. The van der Waals surface area contributed by atoms with Crippen LogP contribution in [0.5, 0.6) is 0 Å². The first-order chi connectivity index (χ1) is 5.88. The monoisotopic (exact) mass is 168 g/mol. The lowest BCUT2D eigenvalue weighted by Gasteiger charge is -2.14. The van der Waals surface area contributed by atoms with E-state index in [-0.39, 0.29) is 0 Å². The zero-order valence-corrected chi connectivity index (χ0v) is 7.48. The van der Waals surface area contributed by atoms with Crippen molar-refractivity contribution in [2.45, 2.75) is 32.2 Å². The molecular weight excluding hydrogens is 152 g/mol. The highest BCUT2D eigenvalue weighted by Crippen LogP contribution is 2.11. The maximum atomic E-state index is 5.63. The van der Waals surface area contributed by atoms with Crippen LogP contribution < -0.4 is 5.73 Å². The molecule has 1 atom stereocenters. The van der Waals surface area contributed by atoms with Crippen molar-refractivity contribution in [3.63, 3.8) is 0 Å². The third kappa shape index (κ3) is 2.30. The molecule has 4 heteroatoms. The molecule has 0 aliphatic heterocycles. The second-order valence-electron chi connectivity index (χ2n) is 2.94. The predicted molar refractivity (Wildman–Crippen MR) is 47.6 cm³/mol. The molecule has 0 amide bonds. The Bertz CT molecular complexity index is 195. The highest BCUT2D eigenvalue weighted by atomic mass is 15.2. The molecule has 0 saturated heterocycles. The SMILES string of the molecule is CCCCC(CN)n1cnnc1. The van der Waals surface area contributed by atoms with Crippen molar-refractivity contribution < 1.29 is 0 Å². The molecule has 1 unspecified atom stereocenters. The standard InChI is InChI=1S/C8H16N4/c1-2-3-4-8(5-9)12-6-10-11-7-12/h6-8H,2-5,9H2,1H3. The molecule has 1 aromatic heterocycles. The van der Waals surface area contributed by atoms with Crippen molar-refractivity contribution >= 4 is 0 Å². The third-order valence-corrected chi connectivity index (χ3v) is 2.02. The summed E-state index contributed by atoms with van der Waals surface area (Å²) < 4.78 is 1.98. The molecule has 1 rings (SSSR count). The first-order valence-electron chi connectivity index (χ1n) is 4.42. The van der Waals surface area contributed by atoms with E-state index in [0.29, 0.717) is 12.6 Å². The molecule has 0 spiro atoms. The van der Waals surface area contributed by atoms with Crippen LogP contribution >= 0.6 is 0 Å². The van der Waals surface area contributed by atoms with Crippen LogP contribution in [-0.2, 0) is 0 Å². The summed E-state index contributed by atoms with van der Waals surface area (Å²) in [5.41, 5.74) is 5.63. The van der Waals surface area contributed by atoms with E-state index in [4.69, 9.17) is 5.73 Å². The van der Waals surface area contributed by atoms with Crippen LogP contribution in [0.25, 0.3) is 0 Å². The van der Waals surface area contributed by atoms with E-state index in [1.54, 1.807) is 12.7 Å². The van der Waals surface area contributed by atoms with Gasteiger partial charge in [0.05, 0.1) is 0 Å². The lowest BCUT2D eigenvalue weighted by molar-refractivity contribution is 0.456. The fourth-order valence-electron chi connectivity index (χ4n) is 1.23. The van der Waals surface area contributed by atoms with E-state index in [1.165, 1.54) is 12.8 Å². The van der Waals surface area contributed by atoms with Crippen molar-refractivity contribution in [3.05, 3.63) is 12.7 Å². The van der Waals surface area contributed by atoms with Gasteiger partial charge < -0.3 is 10.3 Å². The highest BCUT2D eigenvalue weighted by Gasteiger charge is 2.06. The number of nitrogens with two attached hydrogens (primary N) is 1. The lowest BCUT2D eigenvalue weighted by atomic mass is 10.1. The Morgan fingerprint density at radius 1 is 1.42 bits per heavy atom. The number of hydrogen-bond acceptors (Lipinski definition) is 3. The Kier molecular flexibility index (Phi) is 3.73. The highest BCUT2D eigenvalue weighted by molar-refractivity contribution is 4.72. The van der Waals surface area contributed by atoms with Crippen molar-refractivity contribution in [1.82, 2.24) is 14.8 Å². The van der Waals surface area contributed by atoms with Gasteiger partial charge in [-0.05, 0) is 6.42 Å². The largest absolute Gasteiger partial charge is 0.328 e. The van der Waals surface area contributed by atoms with Crippen molar-refractivity contribution in [2.75, 3.05) is 6.54 Å². The molecule has 68 valence electrons. The molecule has 2 N–H and O–H groups in total. The first-order valence-corrected chi connectivity index (χ1v) is 4.42. The summed E-state index contributed by atoms with van der Waals surface area (Å²) in [5.74, 6) is 0. The number of unbranched alkanes of at least 4 members (excludes halogenated alkanes) is 1. The second kappa shape index (κ2) is 4.87. The van der Waals surface area contributed by atoms with Gasteiger partial charge in [0.15, 0.2) is 0 Å². The van der Waals surface area contributed by atoms with Gasteiger partial charge in [-0.25, -0.2) is 0 Å². The van der Waals surface area contributed by atoms with Gasteiger partial charge >= 0.3 is 0 Å². The van der Waals surface area contributed by atoms with Gasteiger partial charge in [0, 0.05) is 12.6 Å². The van der Waals surface area contributed by atoms with Crippen molar-refractivity contribution in [3.8, 4) is 0 Å². The smallest absolute Gasteiger partial charge is 0.119 e. The second-order valence-corrected chi connectivity index (χ2v) is 2.94. The van der Waals surface area contributed by atoms with Gasteiger partial charge in [-0.3, -0.25) is 0 Å². The summed E-state index contributed by atoms with van der Waals surface area (Å²) in [7, 11) is 0. The quantitative estimate of drug-likeness (QED) is 0.712. The topological polar surface area (TPSA) is 56.7 Å². The summed E-state index contributed by atoms with van der Waals surface area (Å²) in [6, 6.07) is 0.375. The Balaban J connectivity index is 2.45. The molecule has 12 heavy (non-hydrogen) atoms. The molecule has 0 saturated carbocycles. The molecular formula is C8H16N4. The van der Waals surface area contributed by atoms with Gasteiger partial charge in [-0.2, -0.15) is 0 Å². The zero-order chi connectivity index (χ0) is 8.81. The Hall–Kier alpha value is -0.900. The van der Waals surface area contributed by atoms with Crippen LogP contribution in [0, 0.1) is 0 Å². The van der Waals surface area contributed by atoms with Gasteiger partial charge in [0.1, 0.15) is 12.7 Å². The maximum absolute atomic E-state index is 5.63. The molecule has 0 bridgehead atoms. The van der Waals surface area contributed by atoms with E-state index >= 15 is 0 Å². The number of hydrogen-bond donors (Lipinski definition) is 1. The van der Waals surface area contributed by atoms with Gasteiger partial charge in [0.2, 0.25) is 0 Å². The molecule has 4 nitrogen and oxygen atoms in total. The van der Waals surface area contributed by atoms with E-state index < -0.39 is 0 Å². The number of rotatable bonds is 5. The molecule has 0 radical (unpaired) electrons. The summed E-state index contributed by atoms with van der Waals surface area (Å²) in [6.07, 6.45) is 6.99. The van der Waals surface area contributed by atoms with E-state index in [2.05, 4.69) is 17.1 Å². The van der Waals surface area contributed by atoms with E-state index in [0.717, 1.165) is 6.42 Å². The predicted octanol–water partition coefficient (Wildman–Crippen LogP) is 0.968. The normalized spacial score (nSPS) is 13.2. The summed E-state index contributed by atoms with van der Waals surface area (Å²) in [5, 5.41) is 7.51. The van der Waals surface area contributed by atoms with Crippen LogP contribution in [0.2, 0.25) is 0 Å². The molecule has 0 aliphatic carbocycles. The van der Waals surface area contributed by atoms with Crippen molar-refractivity contribution in [2.24, 2.45) is 5.73 Å². The van der Waals surface area contributed by atoms with E-state index in [9.17, 15) is 0 Å². The average Bonchev–Trinajstić information content (AvgIpc) is 2.59. The minimum absolute atomic E-state index is 0.375. The third-order valence-electron chi connectivity index (χ3n) is 2.02. The van der Waals surface area contributed by atoms with Crippen LogP contribution in [0.3, 0.4) is 0 Å². The number of nitrogens with zero attached hydrogens (tertiary/aromatic N) is 3. The van der Waals surface area contributed by atoms with Gasteiger partial charge in [-0.15, -0.1) is 10.2 Å². The van der Waals surface area contributed by atoms with E-state index in [1.807, 2.05) is 4.57 Å². The van der Waals surface area contributed by atoms with Gasteiger partial charge in [0.25, 0.3) is 0 Å². The lowest BCUT2D eigenvalue weighted by Crippen LogP contribution is -2.17. The van der Waals surface area contributed by atoms with Crippen LogP contribution in [0.4, 0.5) is 0 Å². The average molecular weight is 168 g/mol.